The Bertz CT molecular complexity index is 1660. The molecule has 14 heteroatoms. The first-order valence-electron chi connectivity index (χ1n) is 11.5. The number of aromatic nitrogens is 6. The molecule has 196 valence electrons. The van der Waals surface area contributed by atoms with Crippen molar-refractivity contribution in [1.29, 1.82) is 0 Å². The molecule has 1 fully saturated rings. The normalized spacial score (nSPS) is 14.7. The van der Waals surface area contributed by atoms with E-state index in [1.807, 2.05) is 11.9 Å². The van der Waals surface area contributed by atoms with Crippen LogP contribution in [0.2, 0.25) is 5.02 Å². The number of nitrogens with one attached hydrogen (secondary N) is 1. The van der Waals surface area contributed by atoms with Gasteiger partial charge in [0.25, 0.3) is 0 Å². The van der Waals surface area contributed by atoms with E-state index < -0.39 is 11.7 Å². The van der Waals surface area contributed by atoms with Gasteiger partial charge in [-0.3, -0.25) is 9.88 Å². The molecule has 0 spiro atoms. The van der Waals surface area contributed by atoms with Gasteiger partial charge >= 0.3 is 6.18 Å². The van der Waals surface area contributed by atoms with Crippen LogP contribution >= 0.6 is 11.6 Å². The second-order valence-corrected chi connectivity index (χ2v) is 9.33. The number of pyridine rings is 1. The number of nitrogens with zero attached hydrogens (tertiary/aromatic N) is 7. The number of ether oxygens (including phenoxy) is 2. The molecule has 0 unspecified atom stereocenters. The van der Waals surface area contributed by atoms with E-state index in [9.17, 15) is 13.2 Å². The molecule has 5 aromatic rings. The number of aryl methyl sites for hydroxylation is 1. The fraction of sp³-hybridized carbons (Fsp3) is 0.250. The van der Waals surface area contributed by atoms with Crippen molar-refractivity contribution in [3.63, 3.8) is 0 Å². The van der Waals surface area contributed by atoms with E-state index in [4.69, 9.17) is 21.1 Å². The van der Waals surface area contributed by atoms with E-state index in [-0.39, 0.29) is 39.9 Å². The summed E-state index contributed by atoms with van der Waals surface area (Å²) in [6, 6.07) is 3.51. The molecule has 1 aliphatic rings. The molecule has 0 bridgehead atoms. The zero-order valence-corrected chi connectivity index (χ0v) is 20.8. The Morgan fingerprint density at radius 3 is 2.66 bits per heavy atom. The molecule has 5 heterocycles. The highest BCUT2D eigenvalue weighted by Crippen LogP contribution is 2.38. The second-order valence-electron chi connectivity index (χ2n) is 8.95. The highest BCUT2D eigenvalue weighted by atomic mass is 35.5. The predicted octanol–water partition coefficient (Wildman–Crippen LogP) is 4.91. The highest BCUT2D eigenvalue weighted by molar-refractivity contribution is 6.36. The maximum atomic E-state index is 13.6. The predicted molar refractivity (Wildman–Crippen MR) is 133 cm³/mol. The van der Waals surface area contributed by atoms with Gasteiger partial charge in [-0.25, -0.2) is 9.50 Å². The van der Waals surface area contributed by atoms with Crippen LogP contribution in [0.15, 0.2) is 49.2 Å². The summed E-state index contributed by atoms with van der Waals surface area (Å²) in [6.45, 7) is 1.29. The molecule has 1 saturated heterocycles. The Morgan fingerprint density at radius 1 is 1.08 bits per heavy atom. The van der Waals surface area contributed by atoms with Crippen molar-refractivity contribution < 1.29 is 22.6 Å². The highest BCUT2D eigenvalue weighted by Gasteiger charge is 2.33. The molecule has 1 N–H and O–H groups in total. The summed E-state index contributed by atoms with van der Waals surface area (Å²) in [5, 5.41) is 7.38. The lowest BCUT2D eigenvalue weighted by molar-refractivity contribution is -0.137. The van der Waals surface area contributed by atoms with Crippen LogP contribution in [-0.2, 0) is 13.2 Å². The van der Waals surface area contributed by atoms with Crippen molar-refractivity contribution in [3.05, 3.63) is 59.8 Å². The van der Waals surface area contributed by atoms with Gasteiger partial charge in [0.05, 0.1) is 24.2 Å². The number of likely N-dealkylation sites (tertiary alicyclic amines) is 1. The molecule has 0 aliphatic carbocycles. The molecule has 0 atom stereocenters. The maximum Gasteiger partial charge on any atom is 0.416 e. The summed E-state index contributed by atoms with van der Waals surface area (Å²) in [5.74, 6) is 1.04. The van der Waals surface area contributed by atoms with Gasteiger partial charge < -0.3 is 19.4 Å². The summed E-state index contributed by atoms with van der Waals surface area (Å²) in [4.78, 5) is 14.8. The quantitative estimate of drug-likeness (QED) is 0.322. The summed E-state index contributed by atoms with van der Waals surface area (Å²) in [6.07, 6.45) is 3.11. The van der Waals surface area contributed by atoms with Crippen LogP contribution in [0.5, 0.6) is 17.2 Å². The van der Waals surface area contributed by atoms with Crippen LogP contribution in [-0.4, -0.2) is 60.3 Å². The lowest BCUT2D eigenvalue weighted by atomic mass is 10.1. The zero-order chi connectivity index (χ0) is 26.6. The third kappa shape index (κ3) is 4.43. The van der Waals surface area contributed by atoms with Crippen LogP contribution in [0.3, 0.4) is 0 Å². The van der Waals surface area contributed by atoms with Gasteiger partial charge in [-0.05, 0) is 19.2 Å². The molecular weight excluding hydrogens is 525 g/mol. The van der Waals surface area contributed by atoms with E-state index >= 15 is 0 Å². The molecule has 0 amide bonds. The van der Waals surface area contributed by atoms with Gasteiger partial charge in [0.15, 0.2) is 17.1 Å². The van der Waals surface area contributed by atoms with Crippen molar-refractivity contribution in [2.45, 2.75) is 12.3 Å². The SMILES string of the molecule is CN1CC(Oc2cc(Nc3nc4ncc(Oc5cnn6ccncc56)c(Cl)c4n3C)cc(C(F)(F)F)c2)C1. The Morgan fingerprint density at radius 2 is 1.89 bits per heavy atom. The van der Waals surface area contributed by atoms with Gasteiger partial charge in [-0.1, -0.05) is 11.6 Å². The minimum Gasteiger partial charge on any atom is -0.488 e. The number of fused-ring (bicyclic) bond motifs is 2. The number of alkyl halides is 3. The van der Waals surface area contributed by atoms with Gasteiger partial charge in [0, 0.05) is 44.3 Å². The van der Waals surface area contributed by atoms with E-state index in [2.05, 4.69) is 25.4 Å². The van der Waals surface area contributed by atoms with E-state index in [1.165, 1.54) is 18.5 Å². The number of halogens is 4. The Labute approximate surface area is 218 Å². The summed E-state index contributed by atoms with van der Waals surface area (Å²) in [7, 11) is 3.58. The van der Waals surface area contributed by atoms with E-state index in [0.29, 0.717) is 29.9 Å². The lowest BCUT2D eigenvalue weighted by Crippen LogP contribution is -2.51. The topological polar surface area (TPSA) is 94.6 Å². The van der Waals surface area contributed by atoms with Gasteiger partial charge in [-0.15, -0.1) is 0 Å². The average molecular weight is 545 g/mol. The van der Waals surface area contributed by atoms with E-state index in [1.54, 1.807) is 34.7 Å². The molecule has 0 saturated carbocycles. The molecule has 1 aliphatic heterocycles. The number of benzene rings is 1. The van der Waals surface area contributed by atoms with Crippen LogP contribution in [0.25, 0.3) is 16.7 Å². The first-order valence-corrected chi connectivity index (χ1v) is 11.8. The summed E-state index contributed by atoms with van der Waals surface area (Å²) >= 11 is 6.66. The minimum absolute atomic E-state index is 0.119. The van der Waals surface area contributed by atoms with Gasteiger partial charge in [0.1, 0.15) is 27.9 Å². The maximum absolute atomic E-state index is 13.6. The minimum atomic E-state index is -4.55. The first kappa shape index (κ1) is 24.2. The molecular formula is C24H20ClF3N8O2. The number of hydrogen-bond donors (Lipinski definition) is 1. The standard InChI is InChI=1S/C24H20ClF3N8O2/c1-34-11-16(12-34)37-15-6-13(24(26,27)28)5-14(7-15)32-23-33-22-21(35(23)2)20(25)19(9-30-22)38-18-10-31-36-4-3-29-8-17(18)36/h3-10,16H,11-12H2,1-2H3,(H,30,32,33). The summed E-state index contributed by atoms with van der Waals surface area (Å²) < 4.78 is 55.8. The molecule has 6 rings (SSSR count). The third-order valence-corrected chi connectivity index (χ3v) is 6.50. The molecule has 0 radical (unpaired) electrons. The zero-order valence-electron chi connectivity index (χ0n) is 20.1. The number of rotatable bonds is 6. The van der Waals surface area contributed by atoms with Gasteiger partial charge in [-0.2, -0.15) is 23.3 Å². The van der Waals surface area contributed by atoms with Crippen molar-refractivity contribution in [2.24, 2.45) is 7.05 Å². The van der Waals surface area contributed by atoms with Gasteiger partial charge in [0.2, 0.25) is 5.95 Å². The molecule has 10 nitrogen and oxygen atoms in total. The number of anilines is 2. The van der Waals surface area contributed by atoms with Crippen LogP contribution in [0, 0.1) is 0 Å². The average Bonchev–Trinajstić information content (AvgIpc) is 3.40. The Balaban J connectivity index is 1.32. The third-order valence-electron chi connectivity index (χ3n) is 6.14. The van der Waals surface area contributed by atoms with Crippen molar-refractivity contribution in [2.75, 3.05) is 25.5 Å². The van der Waals surface area contributed by atoms with Crippen LogP contribution < -0.4 is 14.8 Å². The van der Waals surface area contributed by atoms with Crippen LogP contribution in [0.4, 0.5) is 24.8 Å². The monoisotopic (exact) mass is 544 g/mol. The molecule has 4 aromatic heterocycles. The number of likely N-dealkylation sites (N-methyl/N-ethyl adjacent to an activating group) is 1. The lowest BCUT2D eigenvalue weighted by Gasteiger charge is -2.36. The van der Waals surface area contributed by atoms with E-state index in [0.717, 1.165) is 12.1 Å². The fourth-order valence-electron chi connectivity index (χ4n) is 4.25. The fourth-order valence-corrected chi connectivity index (χ4v) is 4.54. The molecule has 1 aromatic carbocycles. The smallest absolute Gasteiger partial charge is 0.416 e. The van der Waals surface area contributed by atoms with Crippen molar-refractivity contribution in [1.82, 2.24) is 34.0 Å². The first-order chi connectivity index (χ1) is 18.2. The number of hydrogen-bond acceptors (Lipinski definition) is 8. The Kier molecular flexibility index (Phi) is 5.76. The summed E-state index contributed by atoms with van der Waals surface area (Å²) in [5.41, 5.74) is 0.676. The number of imidazole rings is 1. The largest absolute Gasteiger partial charge is 0.488 e. The molecule has 38 heavy (non-hydrogen) atoms. The van der Waals surface area contributed by atoms with Crippen molar-refractivity contribution >= 4 is 39.9 Å². The van der Waals surface area contributed by atoms with Crippen molar-refractivity contribution in [3.8, 4) is 17.2 Å². The van der Waals surface area contributed by atoms with Crippen LogP contribution in [0.1, 0.15) is 5.56 Å². The second kappa shape index (κ2) is 9.03. The Hall–Kier alpha value is -4.10.